The van der Waals surface area contributed by atoms with E-state index in [1.54, 1.807) is 0 Å². The molecule has 0 amide bonds. The number of hydrogen-bond acceptors (Lipinski definition) is 4. The Morgan fingerprint density at radius 3 is 3.06 bits per heavy atom. The summed E-state index contributed by atoms with van der Waals surface area (Å²) < 4.78 is 11.0. The minimum absolute atomic E-state index is 0.238. The van der Waals surface area contributed by atoms with E-state index < -0.39 is 0 Å². The molecular formula is C11H10N2O2S. The fourth-order valence-corrected chi connectivity index (χ4v) is 2.08. The lowest BCUT2D eigenvalue weighted by atomic mass is 9.98. The predicted molar refractivity (Wildman–Crippen MR) is 59.6 cm³/mol. The van der Waals surface area contributed by atoms with Crippen LogP contribution >= 0.6 is 12.2 Å². The Labute approximate surface area is 97.3 Å². The van der Waals surface area contributed by atoms with Crippen molar-refractivity contribution in [3.63, 3.8) is 0 Å². The van der Waals surface area contributed by atoms with Gasteiger partial charge >= 0.3 is 0 Å². The quantitative estimate of drug-likeness (QED) is 0.770. The molecule has 0 bridgehead atoms. The maximum absolute atomic E-state index is 5.68. The van der Waals surface area contributed by atoms with Gasteiger partial charge in [-0.25, -0.2) is 5.10 Å². The van der Waals surface area contributed by atoms with Crippen LogP contribution in [0, 0.1) is 4.84 Å². The first-order valence-corrected chi connectivity index (χ1v) is 5.50. The first-order valence-electron chi connectivity index (χ1n) is 5.09. The van der Waals surface area contributed by atoms with Crippen LogP contribution in [0.3, 0.4) is 0 Å². The lowest BCUT2D eigenvalue weighted by Crippen LogP contribution is -2.17. The van der Waals surface area contributed by atoms with Crippen LogP contribution in [-0.4, -0.2) is 16.8 Å². The number of rotatable bonds is 1. The van der Waals surface area contributed by atoms with Gasteiger partial charge < -0.3 is 9.15 Å². The van der Waals surface area contributed by atoms with Gasteiger partial charge in [0.05, 0.1) is 6.61 Å². The maximum Gasteiger partial charge on any atom is 0.284 e. The molecule has 1 aliphatic rings. The summed E-state index contributed by atoms with van der Waals surface area (Å²) in [5, 5.41) is 6.63. The van der Waals surface area contributed by atoms with Crippen molar-refractivity contribution in [2.45, 2.75) is 12.5 Å². The van der Waals surface area contributed by atoms with E-state index in [1.165, 1.54) is 5.56 Å². The molecule has 3 rings (SSSR count). The highest BCUT2D eigenvalue weighted by Gasteiger charge is 2.25. The van der Waals surface area contributed by atoms with Crippen LogP contribution in [-0.2, 0) is 11.2 Å². The minimum Gasteiger partial charge on any atom is -0.411 e. The zero-order valence-electron chi connectivity index (χ0n) is 8.47. The third kappa shape index (κ3) is 1.58. The zero-order chi connectivity index (χ0) is 11.0. The summed E-state index contributed by atoms with van der Waals surface area (Å²) in [6.45, 7) is 0.677. The molecule has 1 aromatic heterocycles. The van der Waals surface area contributed by atoms with Gasteiger partial charge in [-0.2, -0.15) is 0 Å². The van der Waals surface area contributed by atoms with E-state index >= 15 is 0 Å². The van der Waals surface area contributed by atoms with Crippen LogP contribution < -0.4 is 0 Å². The summed E-state index contributed by atoms with van der Waals surface area (Å²) in [4.78, 5) is 0.279. The lowest BCUT2D eigenvalue weighted by molar-refractivity contribution is 0.0512. The van der Waals surface area contributed by atoms with Crippen molar-refractivity contribution in [3.8, 4) is 0 Å². The molecule has 1 N–H and O–H groups in total. The van der Waals surface area contributed by atoms with Crippen LogP contribution in [0.1, 0.15) is 23.1 Å². The largest absolute Gasteiger partial charge is 0.411 e. The molecule has 1 atom stereocenters. The molecule has 0 fully saturated rings. The number of nitrogens with zero attached hydrogens (tertiary/aromatic N) is 1. The highest BCUT2D eigenvalue weighted by Crippen LogP contribution is 2.31. The number of aromatic amines is 1. The number of H-pyrrole nitrogens is 1. The summed E-state index contributed by atoms with van der Waals surface area (Å²) >= 11 is 4.86. The monoisotopic (exact) mass is 234 g/mol. The molecule has 0 saturated carbocycles. The molecule has 1 aromatic carbocycles. The average molecular weight is 234 g/mol. The summed E-state index contributed by atoms with van der Waals surface area (Å²) in [6, 6.07) is 8.15. The SMILES string of the molecule is S=c1[nH]nc([C@@H]2OCCc3ccccc32)o1. The second-order valence-corrected chi connectivity index (χ2v) is 4.02. The smallest absolute Gasteiger partial charge is 0.284 e. The molecule has 16 heavy (non-hydrogen) atoms. The van der Waals surface area contributed by atoms with Gasteiger partial charge in [0, 0.05) is 0 Å². The Kier molecular flexibility index (Phi) is 2.34. The second kappa shape index (κ2) is 3.84. The van der Waals surface area contributed by atoms with E-state index in [2.05, 4.69) is 16.3 Å². The molecule has 0 spiro atoms. The Bertz CT molecular complexity index is 561. The molecule has 5 heteroatoms. The van der Waals surface area contributed by atoms with Gasteiger partial charge in [0.25, 0.3) is 4.84 Å². The van der Waals surface area contributed by atoms with E-state index in [0.717, 1.165) is 12.0 Å². The minimum atomic E-state index is -0.238. The van der Waals surface area contributed by atoms with Crippen LogP contribution in [0.15, 0.2) is 28.7 Å². The molecule has 0 unspecified atom stereocenters. The Hall–Kier alpha value is -1.46. The number of benzene rings is 1. The second-order valence-electron chi connectivity index (χ2n) is 3.65. The van der Waals surface area contributed by atoms with E-state index in [-0.39, 0.29) is 10.9 Å². The van der Waals surface area contributed by atoms with Gasteiger partial charge in [-0.3, -0.25) is 0 Å². The standard InChI is InChI=1S/C11H10N2O2S/c16-11-13-12-10(15-11)9-8-4-2-1-3-7(8)5-6-14-9/h1-4,9H,5-6H2,(H,13,16)/t9-/m1/s1. The summed E-state index contributed by atoms with van der Waals surface area (Å²) in [5.74, 6) is 0.497. The highest BCUT2D eigenvalue weighted by atomic mass is 32.1. The Morgan fingerprint density at radius 1 is 1.38 bits per heavy atom. The molecule has 0 radical (unpaired) electrons. The summed E-state index contributed by atoms with van der Waals surface area (Å²) in [5.41, 5.74) is 2.39. The van der Waals surface area contributed by atoms with Gasteiger partial charge in [0.2, 0.25) is 5.89 Å². The predicted octanol–water partition coefficient (Wildman–Crippen LogP) is 2.39. The molecular weight excluding hydrogens is 224 g/mol. The van der Waals surface area contributed by atoms with E-state index in [9.17, 15) is 0 Å². The zero-order valence-corrected chi connectivity index (χ0v) is 9.29. The molecule has 0 aliphatic carbocycles. The third-order valence-corrected chi connectivity index (χ3v) is 2.85. The first kappa shape index (κ1) is 9.74. The lowest BCUT2D eigenvalue weighted by Gasteiger charge is -2.23. The van der Waals surface area contributed by atoms with Gasteiger partial charge in [-0.1, -0.05) is 24.3 Å². The molecule has 1 aliphatic heterocycles. The first-order chi connectivity index (χ1) is 7.84. The highest BCUT2D eigenvalue weighted by molar-refractivity contribution is 7.71. The van der Waals surface area contributed by atoms with Crippen molar-refractivity contribution in [1.82, 2.24) is 10.2 Å². The van der Waals surface area contributed by atoms with Gasteiger partial charge in [-0.05, 0) is 29.8 Å². The maximum atomic E-state index is 5.68. The molecule has 2 heterocycles. The van der Waals surface area contributed by atoms with E-state index in [4.69, 9.17) is 21.4 Å². The number of aromatic nitrogens is 2. The van der Waals surface area contributed by atoms with Crippen LogP contribution in [0.25, 0.3) is 0 Å². The molecule has 2 aromatic rings. The van der Waals surface area contributed by atoms with Gasteiger partial charge in [0.1, 0.15) is 0 Å². The van der Waals surface area contributed by atoms with Crippen LogP contribution in [0.5, 0.6) is 0 Å². The molecule has 82 valence electrons. The number of fused-ring (bicyclic) bond motifs is 1. The summed E-state index contributed by atoms with van der Waals surface area (Å²) in [6.07, 6.45) is 0.690. The topological polar surface area (TPSA) is 51.0 Å². The summed E-state index contributed by atoms with van der Waals surface area (Å²) in [7, 11) is 0. The van der Waals surface area contributed by atoms with E-state index in [0.29, 0.717) is 12.5 Å². The number of ether oxygens (including phenoxy) is 1. The van der Waals surface area contributed by atoms with E-state index in [1.807, 2.05) is 18.2 Å². The normalized spacial score (nSPS) is 19.4. The Balaban J connectivity index is 2.08. The van der Waals surface area contributed by atoms with Crippen molar-refractivity contribution >= 4 is 12.2 Å². The average Bonchev–Trinajstić information content (AvgIpc) is 2.75. The van der Waals surface area contributed by atoms with Crippen molar-refractivity contribution in [3.05, 3.63) is 46.1 Å². The number of nitrogens with one attached hydrogen (secondary N) is 1. The number of hydrogen-bond donors (Lipinski definition) is 1. The van der Waals surface area contributed by atoms with Crippen molar-refractivity contribution < 1.29 is 9.15 Å². The van der Waals surface area contributed by atoms with Crippen molar-refractivity contribution in [2.75, 3.05) is 6.61 Å². The Morgan fingerprint density at radius 2 is 2.25 bits per heavy atom. The van der Waals surface area contributed by atoms with Crippen molar-refractivity contribution in [2.24, 2.45) is 0 Å². The fourth-order valence-electron chi connectivity index (χ4n) is 1.95. The van der Waals surface area contributed by atoms with Crippen LogP contribution in [0.4, 0.5) is 0 Å². The van der Waals surface area contributed by atoms with Crippen molar-refractivity contribution in [1.29, 1.82) is 0 Å². The van der Waals surface area contributed by atoms with Gasteiger partial charge in [0.15, 0.2) is 6.10 Å². The molecule has 4 nitrogen and oxygen atoms in total. The van der Waals surface area contributed by atoms with Crippen LogP contribution in [0.2, 0.25) is 0 Å². The third-order valence-electron chi connectivity index (χ3n) is 2.67. The fraction of sp³-hybridized carbons (Fsp3) is 0.273. The van der Waals surface area contributed by atoms with Gasteiger partial charge in [-0.15, -0.1) is 5.10 Å². The molecule has 0 saturated heterocycles.